The second-order valence-electron chi connectivity index (χ2n) is 5.08. The van der Waals surface area contributed by atoms with Crippen molar-refractivity contribution >= 4 is 23.8 Å². The number of nitrogens with zero attached hydrogens (tertiary/aromatic N) is 1. The minimum Gasteiger partial charge on any atom is -0.481 e. The van der Waals surface area contributed by atoms with E-state index in [0.29, 0.717) is 12.8 Å². The Morgan fingerprint density at radius 2 is 2.05 bits per heavy atom. The van der Waals surface area contributed by atoms with Crippen LogP contribution in [-0.4, -0.2) is 53.1 Å². The van der Waals surface area contributed by atoms with Gasteiger partial charge in [0.1, 0.15) is 0 Å². The van der Waals surface area contributed by atoms with Crippen LogP contribution in [0.1, 0.15) is 33.1 Å². The second-order valence-corrected chi connectivity index (χ2v) is 6.23. The molecule has 0 saturated carbocycles. The van der Waals surface area contributed by atoms with Gasteiger partial charge in [0.15, 0.2) is 0 Å². The average Bonchev–Trinajstić information content (AvgIpc) is 2.92. The van der Waals surface area contributed by atoms with Gasteiger partial charge in [0.2, 0.25) is 0 Å². The normalized spacial score (nSPS) is 19.2. The fraction of sp³-hybridized carbons (Fsp3) is 0.846. The second kappa shape index (κ2) is 7.03. The van der Waals surface area contributed by atoms with Gasteiger partial charge in [-0.1, -0.05) is 13.8 Å². The summed E-state index contributed by atoms with van der Waals surface area (Å²) in [7, 11) is 1.78. The van der Waals surface area contributed by atoms with Gasteiger partial charge in [0.25, 0.3) is 0 Å². The molecule has 110 valence electrons. The van der Waals surface area contributed by atoms with Gasteiger partial charge in [0, 0.05) is 25.4 Å². The maximum atomic E-state index is 12.0. The van der Waals surface area contributed by atoms with E-state index in [1.165, 1.54) is 0 Å². The highest BCUT2D eigenvalue weighted by atomic mass is 32.2. The topological polar surface area (TPSA) is 69.6 Å². The first-order valence-corrected chi connectivity index (χ1v) is 7.94. The minimum absolute atomic E-state index is 0.167. The molecular formula is C13H24N2O3S. The Morgan fingerprint density at radius 1 is 1.42 bits per heavy atom. The SMILES string of the molecule is CCC(CC)(CNC(=O)N(C)C1CCSC1)C(=O)O. The number of hydrogen-bond donors (Lipinski definition) is 2. The van der Waals surface area contributed by atoms with Crippen LogP contribution in [0.4, 0.5) is 4.79 Å². The van der Waals surface area contributed by atoms with Crippen molar-refractivity contribution in [2.24, 2.45) is 5.41 Å². The molecule has 0 aromatic rings. The number of amides is 2. The Labute approximate surface area is 119 Å². The fourth-order valence-electron chi connectivity index (χ4n) is 2.24. The third kappa shape index (κ3) is 3.78. The van der Waals surface area contributed by atoms with Crippen LogP contribution in [0.25, 0.3) is 0 Å². The molecule has 6 heteroatoms. The van der Waals surface area contributed by atoms with Crippen molar-refractivity contribution in [2.45, 2.75) is 39.2 Å². The van der Waals surface area contributed by atoms with E-state index in [-0.39, 0.29) is 18.6 Å². The van der Waals surface area contributed by atoms with Gasteiger partial charge >= 0.3 is 12.0 Å². The van der Waals surface area contributed by atoms with Crippen molar-refractivity contribution in [1.29, 1.82) is 0 Å². The van der Waals surface area contributed by atoms with E-state index in [9.17, 15) is 14.7 Å². The van der Waals surface area contributed by atoms with Crippen molar-refractivity contribution in [3.8, 4) is 0 Å². The Hall–Kier alpha value is -0.910. The Kier molecular flexibility index (Phi) is 5.97. The van der Waals surface area contributed by atoms with Crippen LogP contribution in [0.3, 0.4) is 0 Å². The molecule has 1 heterocycles. The predicted molar refractivity (Wildman–Crippen MR) is 77.5 cm³/mol. The highest BCUT2D eigenvalue weighted by Crippen LogP contribution is 2.26. The van der Waals surface area contributed by atoms with E-state index in [1.54, 1.807) is 11.9 Å². The summed E-state index contributed by atoms with van der Waals surface area (Å²) in [6.45, 7) is 3.89. The molecule has 5 nitrogen and oxygen atoms in total. The zero-order chi connectivity index (χ0) is 14.5. The first kappa shape index (κ1) is 16.1. The number of rotatable bonds is 6. The summed E-state index contributed by atoms with van der Waals surface area (Å²) in [6, 6.07) is 0.104. The molecule has 2 N–H and O–H groups in total. The number of carbonyl (C=O) groups is 2. The van der Waals surface area contributed by atoms with Gasteiger partial charge in [-0.3, -0.25) is 4.79 Å². The lowest BCUT2D eigenvalue weighted by molar-refractivity contribution is -0.149. The fourth-order valence-corrected chi connectivity index (χ4v) is 3.51. The van der Waals surface area contributed by atoms with Crippen LogP contribution < -0.4 is 5.32 Å². The molecule has 19 heavy (non-hydrogen) atoms. The summed E-state index contributed by atoms with van der Waals surface area (Å²) >= 11 is 1.85. The number of hydrogen-bond acceptors (Lipinski definition) is 3. The number of carbonyl (C=O) groups excluding carboxylic acids is 1. The molecule has 2 amide bonds. The molecule has 1 fully saturated rings. The van der Waals surface area contributed by atoms with E-state index < -0.39 is 11.4 Å². The van der Waals surface area contributed by atoms with Crippen LogP contribution in [0.5, 0.6) is 0 Å². The smallest absolute Gasteiger partial charge is 0.317 e. The summed E-state index contributed by atoms with van der Waals surface area (Å²) < 4.78 is 0. The van der Waals surface area contributed by atoms with Crippen LogP contribution in [0.15, 0.2) is 0 Å². The quantitative estimate of drug-likeness (QED) is 0.784. The summed E-state index contributed by atoms with van der Waals surface area (Å²) in [5, 5.41) is 12.1. The van der Waals surface area contributed by atoms with Crippen LogP contribution in [0.2, 0.25) is 0 Å². The van der Waals surface area contributed by atoms with Gasteiger partial charge in [0.05, 0.1) is 5.41 Å². The zero-order valence-electron chi connectivity index (χ0n) is 11.9. The number of carboxylic acid groups (broad SMARTS) is 1. The first-order valence-electron chi connectivity index (χ1n) is 6.78. The summed E-state index contributed by atoms with van der Waals surface area (Å²) in [6.07, 6.45) is 2.05. The van der Waals surface area contributed by atoms with E-state index in [4.69, 9.17) is 0 Å². The van der Waals surface area contributed by atoms with E-state index in [1.807, 2.05) is 25.6 Å². The van der Waals surface area contributed by atoms with Gasteiger partial charge in [-0.15, -0.1) is 0 Å². The summed E-state index contributed by atoms with van der Waals surface area (Å²) in [5.41, 5.74) is -0.846. The van der Waals surface area contributed by atoms with Gasteiger partial charge < -0.3 is 15.3 Å². The average molecular weight is 288 g/mol. The lowest BCUT2D eigenvalue weighted by Crippen LogP contribution is -2.49. The van der Waals surface area contributed by atoms with Crippen LogP contribution in [0, 0.1) is 5.41 Å². The van der Waals surface area contributed by atoms with Crippen molar-refractivity contribution < 1.29 is 14.7 Å². The van der Waals surface area contributed by atoms with E-state index in [0.717, 1.165) is 17.9 Å². The van der Waals surface area contributed by atoms with Gasteiger partial charge in [-0.25, -0.2) is 4.79 Å². The Morgan fingerprint density at radius 3 is 2.47 bits per heavy atom. The Bertz CT molecular complexity index is 326. The van der Waals surface area contributed by atoms with Crippen molar-refractivity contribution in [1.82, 2.24) is 10.2 Å². The minimum atomic E-state index is -0.846. The molecule has 1 saturated heterocycles. The molecule has 0 aliphatic carbocycles. The molecule has 1 atom stereocenters. The number of thioether (sulfide) groups is 1. The Balaban J connectivity index is 2.54. The van der Waals surface area contributed by atoms with Crippen molar-refractivity contribution in [3.63, 3.8) is 0 Å². The van der Waals surface area contributed by atoms with E-state index >= 15 is 0 Å². The largest absolute Gasteiger partial charge is 0.481 e. The van der Waals surface area contributed by atoms with Crippen LogP contribution >= 0.6 is 11.8 Å². The number of nitrogens with one attached hydrogen (secondary N) is 1. The monoisotopic (exact) mass is 288 g/mol. The number of urea groups is 1. The summed E-state index contributed by atoms with van der Waals surface area (Å²) in [5.74, 6) is 1.22. The molecule has 1 unspecified atom stereocenters. The lowest BCUT2D eigenvalue weighted by Gasteiger charge is -2.30. The first-order chi connectivity index (χ1) is 8.96. The molecule has 1 aliphatic heterocycles. The predicted octanol–water partition coefficient (Wildman–Crippen LogP) is 2.02. The highest BCUT2D eigenvalue weighted by Gasteiger charge is 2.35. The molecule has 0 radical (unpaired) electrons. The zero-order valence-corrected chi connectivity index (χ0v) is 12.8. The van der Waals surface area contributed by atoms with Gasteiger partial charge in [-0.05, 0) is 25.0 Å². The molecule has 1 rings (SSSR count). The molecule has 0 bridgehead atoms. The molecule has 0 aromatic carbocycles. The number of aliphatic carboxylic acids is 1. The van der Waals surface area contributed by atoms with Crippen LogP contribution in [-0.2, 0) is 4.79 Å². The standard InChI is InChI=1S/C13H24N2O3S/c1-4-13(5-2,11(16)17)9-14-12(18)15(3)10-6-7-19-8-10/h10H,4-9H2,1-3H3,(H,14,18)(H,16,17). The summed E-state index contributed by atoms with van der Waals surface area (Å²) in [4.78, 5) is 25.1. The molecular weight excluding hydrogens is 264 g/mol. The van der Waals surface area contributed by atoms with E-state index in [2.05, 4.69) is 5.32 Å². The molecule has 0 spiro atoms. The maximum absolute atomic E-state index is 12.0. The highest BCUT2D eigenvalue weighted by molar-refractivity contribution is 7.99. The molecule has 1 aliphatic rings. The van der Waals surface area contributed by atoms with Crippen molar-refractivity contribution in [2.75, 3.05) is 25.1 Å². The molecule has 0 aromatic heterocycles. The maximum Gasteiger partial charge on any atom is 0.317 e. The van der Waals surface area contributed by atoms with Crippen molar-refractivity contribution in [3.05, 3.63) is 0 Å². The van der Waals surface area contributed by atoms with Gasteiger partial charge in [-0.2, -0.15) is 11.8 Å². The lowest BCUT2D eigenvalue weighted by atomic mass is 9.82. The third-order valence-corrected chi connectivity index (χ3v) is 5.30. The number of carboxylic acids is 1. The third-order valence-electron chi connectivity index (χ3n) is 4.16.